The van der Waals surface area contributed by atoms with E-state index in [4.69, 9.17) is 0 Å². The average molecular weight is 301 g/mol. The highest BCUT2D eigenvalue weighted by atomic mass is 79.9. The Labute approximate surface area is 111 Å². The maximum absolute atomic E-state index is 13.2. The van der Waals surface area contributed by atoms with Gasteiger partial charge in [0.2, 0.25) is 0 Å². The average Bonchev–Trinajstić information content (AvgIpc) is 2.22. The van der Waals surface area contributed by atoms with E-state index >= 15 is 0 Å². The van der Waals surface area contributed by atoms with Crippen LogP contribution in [0.2, 0.25) is 0 Å². The minimum Gasteiger partial charge on any atom is -0.299 e. The predicted molar refractivity (Wildman–Crippen MR) is 71.5 cm³/mol. The first-order valence-electron chi connectivity index (χ1n) is 5.78. The van der Waals surface area contributed by atoms with Gasteiger partial charge in [-0.2, -0.15) is 0 Å². The fourth-order valence-corrected chi connectivity index (χ4v) is 1.77. The molecule has 0 saturated heterocycles. The van der Waals surface area contributed by atoms with Gasteiger partial charge in [-0.15, -0.1) is 0 Å². The first kappa shape index (κ1) is 14.4. The number of halogens is 2. The van der Waals surface area contributed by atoms with Gasteiger partial charge in [0.25, 0.3) is 0 Å². The minimum absolute atomic E-state index is 0.246. The van der Waals surface area contributed by atoms with Gasteiger partial charge in [0, 0.05) is 11.8 Å². The Balaban J connectivity index is 2.46. The number of carbonyl (C=O) groups is 1. The molecule has 1 nitrogen and oxygen atoms in total. The number of hydrogen-bond donors (Lipinski definition) is 0. The summed E-state index contributed by atoms with van der Waals surface area (Å²) >= 11 is 3.12. The number of benzene rings is 1. The summed E-state index contributed by atoms with van der Waals surface area (Å²) in [5.74, 6) is 0.0136. The van der Waals surface area contributed by atoms with Gasteiger partial charge in [0.05, 0.1) is 4.47 Å². The number of carbonyl (C=O) groups excluding carboxylic acids is 1. The Morgan fingerprint density at radius 2 is 2.00 bits per heavy atom. The van der Waals surface area contributed by atoms with Crippen LogP contribution in [0.3, 0.4) is 0 Å². The highest BCUT2D eigenvalue weighted by Gasteiger charge is 2.20. The van der Waals surface area contributed by atoms with Crippen LogP contribution in [0.4, 0.5) is 4.39 Å². The molecule has 0 aliphatic heterocycles. The second-order valence-corrected chi connectivity index (χ2v) is 6.13. The summed E-state index contributed by atoms with van der Waals surface area (Å²) in [5, 5.41) is 0. The van der Waals surface area contributed by atoms with E-state index in [0.717, 1.165) is 18.4 Å². The molecule has 0 amide bonds. The van der Waals surface area contributed by atoms with Crippen molar-refractivity contribution in [1.29, 1.82) is 0 Å². The zero-order valence-electron chi connectivity index (χ0n) is 10.5. The summed E-state index contributed by atoms with van der Waals surface area (Å²) in [7, 11) is 0. The molecule has 3 heteroatoms. The summed E-state index contributed by atoms with van der Waals surface area (Å²) in [5.41, 5.74) is 0.665. The van der Waals surface area contributed by atoms with Gasteiger partial charge in [-0.1, -0.05) is 26.8 Å². The van der Waals surface area contributed by atoms with Crippen molar-refractivity contribution >= 4 is 21.7 Å². The molecule has 0 radical (unpaired) electrons. The molecule has 1 aromatic rings. The lowest BCUT2D eigenvalue weighted by molar-refractivity contribution is -0.126. The third-order valence-corrected chi connectivity index (χ3v) is 3.33. The molecule has 1 rings (SSSR count). The molecule has 0 spiro atoms. The molecule has 0 unspecified atom stereocenters. The molecule has 0 heterocycles. The highest BCUT2D eigenvalue weighted by Crippen LogP contribution is 2.20. The molecule has 0 aliphatic rings. The van der Waals surface area contributed by atoms with Crippen LogP contribution in [0.25, 0.3) is 0 Å². The Hall–Kier alpha value is -0.700. The van der Waals surface area contributed by atoms with Gasteiger partial charge in [-0.05, 0) is 46.5 Å². The van der Waals surface area contributed by atoms with Gasteiger partial charge in [0.1, 0.15) is 11.6 Å². The molecular formula is C14H18BrFO. The van der Waals surface area contributed by atoms with Crippen molar-refractivity contribution in [2.45, 2.75) is 40.0 Å². The molecule has 0 bridgehead atoms. The van der Waals surface area contributed by atoms with E-state index in [0.29, 0.717) is 10.9 Å². The fraction of sp³-hybridized carbons (Fsp3) is 0.500. The second-order valence-electron chi connectivity index (χ2n) is 5.28. The van der Waals surface area contributed by atoms with E-state index in [1.165, 1.54) is 6.07 Å². The fourth-order valence-electron chi connectivity index (χ4n) is 1.52. The van der Waals surface area contributed by atoms with Crippen LogP contribution in [-0.4, -0.2) is 5.78 Å². The van der Waals surface area contributed by atoms with E-state index in [2.05, 4.69) is 15.9 Å². The van der Waals surface area contributed by atoms with E-state index in [9.17, 15) is 9.18 Å². The van der Waals surface area contributed by atoms with Gasteiger partial charge in [-0.3, -0.25) is 4.79 Å². The van der Waals surface area contributed by atoms with E-state index < -0.39 is 0 Å². The van der Waals surface area contributed by atoms with E-state index in [1.807, 2.05) is 26.8 Å². The third kappa shape index (κ3) is 4.58. The van der Waals surface area contributed by atoms with Crippen molar-refractivity contribution in [2.75, 3.05) is 0 Å². The van der Waals surface area contributed by atoms with Crippen molar-refractivity contribution in [2.24, 2.45) is 5.41 Å². The summed E-state index contributed by atoms with van der Waals surface area (Å²) in [6.07, 6.45) is 2.07. The Bertz CT molecular complexity index is 407. The minimum atomic E-state index is -0.273. The van der Waals surface area contributed by atoms with Gasteiger partial charge in [-0.25, -0.2) is 4.39 Å². The Morgan fingerprint density at radius 3 is 2.53 bits per heavy atom. The van der Waals surface area contributed by atoms with Gasteiger partial charge >= 0.3 is 0 Å². The predicted octanol–water partition coefficient (Wildman–Crippen LogP) is 4.53. The van der Waals surface area contributed by atoms with Crippen molar-refractivity contribution in [1.82, 2.24) is 0 Å². The van der Waals surface area contributed by atoms with Crippen molar-refractivity contribution in [3.05, 3.63) is 34.1 Å². The van der Waals surface area contributed by atoms with Crippen molar-refractivity contribution < 1.29 is 9.18 Å². The summed E-state index contributed by atoms with van der Waals surface area (Å²) in [6.45, 7) is 5.78. The Morgan fingerprint density at radius 1 is 1.35 bits per heavy atom. The number of rotatable bonds is 4. The normalized spacial score (nSPS) is 11.6. The lowest BCUT2D eigenvalue weighted by Crippen LogP contribution is -2.19. The molecule has 17 heavy (non-hydrogen) atoms. The van der Waals surface area contributed by atoms with Crippen molar-refractivity contribution in [3.63, 3.8) is 0 Å². The third-order valence-electron chi connectivity index (χ3n) is 2.69. The second kappa shape index (κ2) is 5.76. The highest BCUT2D eigenvalue weighted by molar-refractivity contribution is 9.10. The summed E-state index contributed by atoms with van der Waals surface area (Å²) < 4.78 is 13.7. The maximum Gasteiger partial charge on any atom is 0.138 e. The number of ketones is 1. The molecule has 0 aliphatic carbocycles. The first-order chi connectivity index (χ1) is 7.80. The zero-order chi connectivity index (χ0) is 13.1. The first-order valence-corrected chi connectivity index (χ1v) is 6.57. The topological polar surface area (TPSA) is 17.1 Å². The monoisotopic (exact) mass is 300 g/mol. The quantitative estimate of drug-likeness (QED) is 0.798. The van der Waals surface area contributed by atoms with Gasteiger partial charge < -0.3 is 0 Å². The van der Waals surface area contributed by atoms with Crippen LogP contribution >= 0.6 is 15.9 Å². The van der Waals surface area contributed by atoms with Crippen LogP contribution in [0.15, 0.2) is 22.7 Å². The van der Waals surface area contributed by atoms with Crippen LogP contribution in [0.5, 0.6) is 0 Å². The zero-order valence-corrected chi connectivity index (χ0v) is 12.1. The number of hydrogen-bond acceptors (Lipinski definition) is 1. The standard InChI is InChI=1S/C14H18BrFO/c1-14(2,3)13(17)6-4-5-10-7-8-11(15)12(16)9-10/h7-9H,4-6H2,1-3H3. The molecule has 1 aromatic carbocycles. The molecule has 0 saturated carbocycles. The lowest BCUT2D eigenvalue weighted by Gasteiger charge is -2.16. The van der Waals surface area contributed by atoms with Crippen LogP contribution < -0.4 is 0 Å². The smallest absolute Gasteiger partial charge is 0.138 e. The van der Waals surface area contributed by atoms with Crippen molar-refractivity contribution in [3.8, 4) is 0 Å². The number of Topliss-reactive ketones (excluding diaryl/α,β-unsaturated/α-hetero) is 1. The molecule has 0 fully saturated rings. The molecule has 0 N–H and O–H groups in total. The largest absolute Gasteiger partial charge is 0.299 e. The number of aryl methyl sites for hydroxylation is 1. The molecule has 94 valence electrons. The van der Waals surface area contributed by atoms with E-state index in [-0.39, 0.29) is 17.0 Å². The summed E-state index contributed by atoms with van der Waals surface area (Å²) in [4.78, 5) is 11.7. The lowest BCUT2D eigenvalue weighted by atomic mass is 9.87. The van der Waals surface area contributed by atoms with Gasteiger partial charge in [0.15, 0.2) is 0 Å². The maximum atomic E-state index is 13.2. The van der Waals surface area contributed by atoms with Crippen LogP contribution in [0.1, 0.15) is 39.2 Å². The van der Waals surface area contributed by atoms with Crippen LogP contribution in [0, 0.1) is 11.2 Å². The molecule has 0 aromatic heterocycles. The summed E-state index contributed by atoms with van der Waals surface area (Å²) in [6, 6.07) is 5.11. The Kier molecular flexibility index (Phi) is 4.87. The molecular weight excluding hydrogens is 283 g/mol. The van der Waals surface area contributed by atoms with E-state index in [1.54, 1.807) is 6.07 Å². The molecule has 0 atom stereocenters. The van der Waals surface area contributed by atoms with Crippen LogP contribution in [-0.2, 0) is 11.2 Å². The SMILES string of the molecule is CC(C)(C)C(=O)CCCc1ccc(Br)c(F)c1.